The maximum Gasteiger partial charge on any atom is 0.243 e. The Labute approximate surface area is 166 Å². The van der Waals surface area contributed by atoms with Crippen LogP contribution in [0.3, 0.4) is 0 Å². The molecule has 0 amide bonds. The topological polar surface area (TPSA) is 80.2 Å². The highest BCUT2D eigenvalue weighted by Gasteiger charge is 2.26. The van der Waals surface area contributed by atoms with E-state index < -0.39 is 10.0 Å². The highest BCUT2D eigenvalue weighted by atomic mass is 32.2. The maximum absolute atomic E-state index is 13.2. The van der Waals surface area contributed by atoms with Gasteiger partial charge in [-0.2, -0.15) is 9.40 Å². The molecule has 1 aliphatic rings. The molecule has 1 N–H and O–H groups in total. The molecule has 0 aliphatic carbocycles. The lowest BCUT2D eigenvalue weighted by Crippen LogP contribution is -2.40. The number of rotatable bonds is 4. The largest absolute Gasteiger partial charge is 0.379 e. The van der Waals surface area contributed by atoms with Gasteiger partial charge in [-0.3, -0.25) is 9.67 Å². The summed E-state index contributed by atoms with van der Waals surface area (Å²) in [4.78, 5) is 0.209. The number of halogens is 1. The Balaban J connectivity index is 1.69. The van der Waals surface area contributed by atoms with Crippen LogP contribution >= 0.6 is 12.2 Å². The van der Waals surface area contributed by atoms with Crippen LogP contribution in [-0.2, 0) is 14.8 Å². The van der Waals surface area contributed by atoms with E-state index in [-0.39, 0.29) is 10.7 Å². The highest BCUT2D eigenvalue weighted by Crippen LogP contribution is 2.24. The van der Waals surface area contributed by atoms with Gasteiger partial charge < -0.3 is 4.74 Å². The predicted octanol–water partition coefficient (Wildman–Crippen LogP) is 2.76. The van der Waals surface area contributed by atoms with Crippen molar-refractivity contribution in [3.63, 3.8) is 0 Å². The highest BCUT2D eigenvalue weighted by molar-refractivity contribution is 7.89. The van der Waals surface area contributed by atoms with Crippen molar-refractivity contribution in [2.45, 2.75) is 4.90 Å². The molecule has 2 heterocycles. The third kappa shape index (κ3) is 3.51. The van der Waals surface area contributed by atoms with E-state index in [0.29, 0.717) is 48.1 Å². The van der Waals surface area contributed by atoms with Gasteiger partial charge in [0.1, 0.15) is 5.82 Å². The van der Waals surface area contributed by atoms with Crippen LogP contribution in [0.15, 0.2) is 53.4 Å². The second-order valence-corrected chi connectivity index (χ2v) is 8.53. The van der Waals surface area contributed by atoms with Crippen molar-refractivity contribution in [2.75, 3.05) is 26.3 Å². The molecule has 7 nitrogen and oxygen atoms in total. The average Bonchev–Trinajstić information content (AvgIpc) is 3.11. The van der Waals surface area contributed by atoms with Crippen molar-refractivity contribution in [1.29, 1.82) is 0 Å². The summed E-state index contributed by atoms with van der Waals surface area (Å²) >= 11 is 5.29. The first-order chi connectivity index (χ1) is 13.5. The summed E-state index contributed by atoms with van der Waals surface area (Å²) < 4.78 is 47.4. The molecule has 0 atom stereocenters. The predicted molar refractivity (Wildman–Crippen MR) is 104 cm³/mol. The molecular formula is C18H17FN4O3S2. The van der Waals surface area contributed by atoms with Crippen LogP contribution in [0.4, 0.5) is 4.39 Å². The minimum atomic E-state index is -3.57. The normalized spacial score (nSPS) is 15.6. The van der Waals surface area contributed by atoms with Gasteiger partial charge in [0, 0.05) is 18.7 Å². The number of morpholine rings is 1. The van der Waals surface area contributed by atoms with E-state index in [1.54, 1.807) is 41.0 Å². The van der Waals surface area contributed by atoms with Crippen molar-refractivity contribution < 1.29 is 17.5 Å². The maximum atomic E-state index is 13.2. The Hall–Kier alpha value is -2.40. The lowest BCUT2D eigenvalue weighted by molar-refractivity contribution is 0.0730. The zero-order valence-electron chi connectivity index (χ0n) is 14.7. The quantitative estimate of drug-likeness (QED) is 0.657. The number of aromatic amines is 1. The molecule has 1 aromatic heterocycles. The van der Waals surface area contributed by atoms with Crippen molar-refractivity contribution in [3.05, 3.63) is 59.1 Å². The Bertz CT molecular complexity index is 1130. The van der Waals surface area contributed by atoms with Crippen molar-refractivity contribution >= 4 is 22.2 Å². The summed E-state index contributed by atoms with van der Waals surface area (Å²) in [5, 5.41) is 6.97. The number of hydrogen-bond donors (Lipinski definition) is 1. The van der Waals surface area contributed by atoms with E-state index in [1.807, 2.05) is 0 Å². The van der Waals surface area contributed by atoms with E-state index in [2.05, 4.69) is 10.2 Å². The first-order valence-electron chi connectivity index (χ1n) is 8.58. The van der Waals surface area contributed by atoms with Gasteiger partial charge in [0.2, 0.25) is 10.0 Å². The molecule has 0 unspecified atom stereocenters. The first-order valence-corrected chi connectivity index (χ1v) is 10.4. The molecule has 146 valence electrons. The Morgan fingerprint density at radius 3 is 2.32 bits per heavy atom. The second-order valence-electron chi connectivity index (χ2n) is 6.21. The van der Waals surface area contributed by atoms with E-state index in [4.69, 9.17) is 17.0 Å². The van der Waals surface area contributed by atoms with Crippen LogP contribution in [0.25, 0.3) is 17.1 Å². The lowest BCUT2D eigenvalue weighted by Gasteiger charge is -2.26. The third-order valence-electron chi connectivity index (χ3n) is 4.48. The molecule has 10 heteroatoms. The van der Waals surface area contributed by atoms with Crippen molar-refractivity contribution in [3.8, 4) is 17.1 Å². The summed E-state index contributed by atoms with van der Waals surface area (Å²) in [5.74, 6) is 0.157. The molecule has 1 saturated heterocycles. The fourth-order valence-electron chi connectivity index (χ4n) is 3.03. The second kappa shape index (κ2) is 7.55. The Kier molecular flexibility index (Phi) is 5.11. The fraction of sp³-hybridized carbons (Fsp3) is 0.222. The molecule has 0 radical (unpaired) electrons. The zero-order valence-corrected chi connectivity index (χ0v) is 16.3. The summed E-state index contributed by atoms with van der Waals surface area (Å²) in [6.45, 7) is 1.47. The van der Waals surface area contributed by atoms with Gasteiger partial charge in [-0.25, -0.2) is 12.8 Å². The van der Waals surface area contributed by atoms with Gasteiger partial charge in [-0.15, -0.1) is 0 Å². The molecule has 0 spiro atoms. The number of ether oxygens (including phenoxy) is 1. The van der Waals surface area contributed by atoms with Gasteiger partial charge >= 0.3 is 0 Å². The number of H-pyrrole nitrogens is 1. The summed E-state index contributed by atoms with van der Waals surface area (Å²) in [6, 6.07) is 12.3. The van der Waals surface area contributed by atoms with Gasteiger partial charge in [-0.1, -0.05) is 0 Å². The number of hydrogen-bond acceptors (Lipinski definition) is 5. The third-order valence-corrected chi connectivity index (χ3v) is 6.66. The average molecular weight is 420 g/mol. The minimum absolute atomic E-state index is 0.209. The van der Waals surface area contributed by atoms with Crippen LogP contribution in [0.5, 0.6) is 0 Å². The molecule has 0 saturated carbocycles. The van der Waals surface area contributed by atoms with Gasteiger partial charge in [-0.05, 0) is 60.7 Å². The molecule has 2 aromatic carbocycles. The smallest absolute Gasteiger partial charge is 0.243 e. The fourth-order valence-corrected chi connectivity index (χ4v) is 4.68. The summed E-state index contributed by atoms with van der Waals surface area (Å²) in [7, 11) is -3.57. The number of nitrogens with zero attached hydrogens (tertiary/aromatic N) is 3. The van der Waals surface area contributed by atoms with Crippen LogP contribution < -0.4 is 0 Å². The van der Waals surface area contributed by atoms with Crippen molar-refractivity contribution in [2.24, 2.45) is 0 Å². The Morgan fingerprint density at radius 1 is 1.04 bits per heavy atom. The number of aromatic nitrogens is 3. The van der Waals surface area contributed by atoms with Crippen LogP contribution in [0.1, 0.15) is 0 Å². The number of nitrogens with one attached hydrogen (secondary N) is 1. The first kappa shape index (κ1) is 18.9. The monoisotopic (exact) mass is 420 g/mol. The standard InChI is InChI=1S/C18H17FN4O3S2/c19-14-3-5-15(6-4-14)23-17(20-21-18(23)27)13-1-7-16(8-2-13)28(24,25)22-9-11-26-12-10-22/h1-8H,9-12H2,(H,21,27). The van der Waals surface area contributed by atoms with Crippen LogP contribution in [-0.4, -0.2) is 53.8 Å². The van der Waals surface area contributed by atoms with Crippen LogP contribution in [0, 0.1) is 10.6 Å². The molecule has 1 aliphatic heterocycles. The molecule has 0 bridgehead atoms. The van der Waals surface area contributed by atoms with Gasteiger partial charge in [0.15, 0.2) is 10.6 Å². The molecule has 3 aromatic rings. The van der Waals surface area contributed by atoms with E-state index in [1.165, 1.54) is 16.4 Å². The summed E-state index contributed by atoms with van der Waals surface area (Å²) in [6.07, 6.45) is 0. The SMILES string of the molecule is O=S(=O)(c1ccc(-c2n[nH]c(=S)n2-c2ccc(F)cc2)cc1)N1CCOCC1. The van der Waals surface area contributed by atoms with Gasteiger partial charge in [0.05, 0.1) is 23.8 Å². The Morgan fingerprint density at radius 2 is 1.68 bits per heavy atom. The minimum Gasteiger partial charge on any atom is -0.379 e. The molecule has 1 fully saturated rings. The molecule has 4 rings (SSSR count). The van der Waals surface area contributed by atoms with E-state index in [9.17, 15) is 12.8 Å². The van der Waals surface area contributed by atoms with E-state index in [0.717, 1.165) is 0 Å². The van der Waals surface area contributed by atoms with E-state index >= 15 is 0 Å². The van der Waals surface area contributed by atoms with Crippen LogP contribution in [0.2, 0.25) is 0 Å². The number of benzene rings is 2. The zero-order chi connectivity index (χ0) is 19.7. The molecular weight excluding hydrogens is 403 g/mol. The van der Waals surface area contributed by atoms with Gasteiger partial charge in [0.25, 0.3) is 0 Å². The summed E-state index contributed by atoms with van der Waals surface area (Å²) in [5.41, 5.74) is 1.33. The molecule has 28 heavy (non-hydrogen) atoms. The number of sulfonamides is 1. The lowest BCUT2D eigenvalue weighted by atomic mass is 10.2. The van der Waals surface area contributed by atoms with Crippen molar-refractivity contribution in [1.82, 2.24) is 19.1 Å².